The van der Waals surface area contributed by atoms with Crippen LogP contribution in [0.2, 0.25) is 0 Å². The van der Waals surface area contributed by atoms with Gasteiger partial charge in [0.25, 0.3) is 0 Å². The molecule has 0 aromatic heterocycles. The first-order chi connectivity index (χ1) is 9.89. The van der Waals surface area contributed by atoms with E-state index in [1.54, 1.807) is 6.92 Å². The van der Waals surface area contributed by atoms with Gasteiger partial charge in [-0.3, -0.25) is 4.79 Å². The van der Waals surface area contributed by atoms with Crippen LogP contribution in [0.4, 0.5) is 8.78 Å². The van der Waals surface area contributed by atoms with Gasteiger partial charge in [-0.2, -0.15) is 0 Å². The number of carbonyl (C=O) groups is 1. The predicted molar refractivity (Wildman–Crippen MR) is 77.8 cm³/mol. The van der Waals surface area contributed by atoms with Crippen LogP contribution in [-0.4, -0.2) is 19.1 Å². The zero-order valence-electron chi connectivity index (χ0n) is 12.8. The largest absolute Gasteiger partial charge is 0.465 e. The lowest BCUT2D eigenvalue weighted by molar-refractivity contribution is -0.150. The van der Waals surface area contributed by atoms with Crippen LogP contribution in [0.3, 0.4) is 0 Å². The molecule has 1 aromatic carbocycles. The average Bonchev–Trinajstić information content (AvgIpc) is 2.43. The van der Waals surface area contributed by atoms with Crippen LogP contribution in [0.25, 0.3) is 0 Å². The standard InChI is InChI=1S/C16H23F2NO2/c1-4-11(3)9-16(10-19,15(20)21-5-2)12-6-13(17)8-14(18)7-12/h6-8,11H,4-5,9-10,19H2,1-3H3. The van der Waals surface area contributed by atoms with Crippen LogP contribution in [-0.2, 0) is 14.9 Å². The van der Waals surface area contributed by atoms with Gasteiger partial charge in [-0.25, -0.2) is 8.78 Å². The second-order valence-corrected chi connectivity index (χ2v) is 5.38. The molecule has 2 atom stereocenters. The van der Waals surface area contributed by atoms with E-state index in [2.05, 4.69) is 0 Å². The third-order valence-corrected chi connectivity index (χ3v) is 3.82. The summed E-state index contributed by atoms with van der Waals surface area (Å²) in [6.07, 6.45) is 1.22. The SMILES string of the molecule is CCOC(=O)C(CN)(CC(C)CC)c1cc(F)cc(F)c1. The fourth-order valence-electron chi connectivity index (χ4n) is 2.44. The molecule has 3 nitrogen and oxygen atoms in total. The fourth-order valence-corrected chi connectivity index (χ4v) is 2.44. The molecule has 21 heavy (non-hydrogen) atoms. The van der Waals surface area contributed by atoms with Gasteiger partial charge in [0.2, 0.25) is 0 Å². The zero-order chi connectivity index (χ0) is 16.0. The first-order valence-electron chi connectivity index (χ1n) is 7.23. The Balaban J connectivity index is 3.36. The van der Waals surface area contributed by atoms with E-state index in [0.29, 0.717) is 6.42 Å². The van der Waals surface area contributed by atoms with Crippen molar-refractivity contribution >= 4 is 5.97 Å². The van der Waals surface area contributed by atoms with Gasteiger partial charge in [0.05, 0.1) is 6.61 Å². The van der Waals surface area contributed by atoms with Gasteiger partial charge in [-0.05, 0) is 37.0 Å². The Bertz CT molecular complexity index is 473. The number of carbonyl (C=O) groups excluding carboxylic acids is 1. The lowest BCUT2D eigenvalue weighted by Gasteiger charge is -2.33. The van der Waals surface area contributed by atoms with Crippen molar-refractivity contribution < 1.29 is 18.3 Å². The van der Waals surface area contributed by atoms with Gasteiger partial charge < -0.3 is 10.5 Å². The van der Waals surface area contributed by atoms with E-state index in [1.165, 1.54) is 0 Å². The van der Waals surface area contributed by atoms with Gasteiger partial charge in [0, 0.05) is 12.6 Å². The van der Waals surface area contributed by atoms with Crippen LogP contribution in [0.1, 0.15) is 39.2 Å². The minimum atomic E-state index is -1.21. The van der Waals surface area contributed by atoms with Crippen molar-refractivity contribution in [2.24, 2.45) is 11.7 Å². The molecule has 0 amide bonds. The third-order valence-electron chi connectivity index (χ3n) is 3.82. The van der Waals surface area contributed by atoms with Crippen LogP contribution in [0, 0.1) is 17.6 Å². The minimum absolute atomic E-state index is 0.0565. The van der Waals surface area contributed by atoms with Crippen LogP contribution in [0.5, 0.6) is 0 Å². The van der Waals surface area contributed by atoms with E-state index in [0.717, 1.165) is 24.6 Å². The lowest BCUT2D eigenvalue weighted by atomic mass is 9.73. The van der Waals surface area contributed by atoms with Crippen molar-refractivity contribution in [3.8, 4) is 0 Å². The molecule has 0 aliphatic rings. The molecule has 5 heteroatoms. The number of ether oxygens (including phenoxy) is 1. The molecule has 1 aromatic rings. The molecule has 0 aliphatic carbocycles. The molecule has 0 heterocycles. The number of nitrogens with two attached hydrogens (primary N) is 1. The molecule has 2 unspecified atom stereocenters. The highest BCUT2D eigenvalue weighted by Crippen LogP contribution is 2.34. The summed E-state index contributed by atoms with van der Waals surface area (Å²) in [6, 6.07) is 3.10. The van der Waals surface area contributed by atoms with Crippen LogP contribution >= 0.6 is 0 Å². The Hall–Kier alpha value is -1.49. The summed E-state index contributed by atoms with van der Waals surface area (Å²) in [5, 5.41) is 0. The average molecular weight is 299 g/mol. The van der Waals surface area contributed by atoms with E-state index in [1.807, 2.05) is 13.8 Å². The normalized spacial score (nSPS) is 15.3. The number of benzene rings is 1. The predicted octanol–water partition coefficient (Wildman–Crippen LogP) is 3.16. The molecule has 2 N–H and O–H groups in total. The van der Waals surface area contributed by atoms with Gasteiger partial charge >= 0.3 is 5.97 Å². The summed E-state index contributed by atoms with van der Waals surface area (Å²) >= 11 is 0. The number of hydrogen-bond donors (Lipinski definition) is 1. The van der Waals surface area contributed by atoms with Crippen molar-refractivity contribution in [2.45, 2.75) is 39.0 Å². The van der Waals surface area contributed by atoms with E-state index in [9.17, 15) is 13.6 Å². The van der Waals surface area contributed by atoms with E-state index >= 15 is 0 Å². The van der Waals surface area contributed by atoms with E-state index < -0.39 is 23.0 Å². The Morgan fingerprint density at radius 3 is 2.29 bits per heavy atom. The Morgan fingerprint density at radius 2 is 1.86 bits per heavy atom. The Kier molecular flexibility index (Phi) is 6.27. The number of rotatable bonds is 7. The molecular weight excluding hydrogens is 276 g/mol. The van der Waals surface area contributed by atoms with Crippen molar-refractivity contribution in [1.82, 2.24) is 0 Å². The van der Waals surface area contributed by atoms with Crippen LogP contribution in [0.15, 0.2) is 18.2 Å². The number of hydrogen-bond acceptors (Lipinski definition) is 3. The second kappa shape index (κ2) is 7.50. The Labute approximate surface area is 124 Å². The summed E-state index contributed by atoms with van der Waals surface area (Å²) in [5.74, 6) is -1.81. The van der Waals surface area contributed by atoms with E-state index in [-0.39, 0.29) is 24.6 Å². The summed E-state index contributed by atoms with van der Waals surface area (Å²) in [7, 11) is 0. The molecular formula is C16H23F2NO2. The van der Waals surface area contributed by atoms with Gasteiger partial charge in [0.1, 0.15) is 17.0 Å². The highest BCUT2D eigenvalue weighted by atomic mass is 19.1. The van der Waals surface area contributed by atoms with Crippen molar-refractivity contribution in [3.63, 3.8) is 0 Å². The van der Waals surface area contributed by atoms with Crippen molar-refractivity contribution in [2.75, 3.05) is 13.2 Å². The highest BCUT2D eigenvalue weighted by molar-refractivity contribution is 5.83. The molecule has 0 bridgehead atoms. The molecule has 1 rings (SSSR count). The smallest absolute Gasteiger partial charge is 0.317 e. The number of esters is 1. The zero-order valence-corrected chi connectivity index (χ0v) is 12.8. The first-order valence-corrected chi connectivity index (χ1v) is 7.23. The maximum Gasteiger partial charge on any atom is 0.317 e. The number of halogens is 2. The van der Waals surface area contributed by atoms with Crippen LogP contribution < -0.4 is 5.73 Å². The minimum Gasteiger partial charge on any atom is -0.465 e. The van der Waals surface area contributed by atoms with Crippen molar-refractivity contribution in [3.05, 3.63) is 35.4 Å². The second-order valence-electron chi connectivity index (χ2n) is 5.38. The first kappa shape index (κ1) is 17.6. The molecule has 118 valence electrons. The lowest BCUT2D eigenvalue weighted by Crippen LogP contribution is -2.45. The molecule has 0 saturated carbocycles. The van der Waals surface area contributed by atoms with E-state index in [4.69, 9.17) is 10.5 Å². The summed E-state index contributed by atoms with van der Waals surface area (Å²) < 4.78 is 32.2. The van der Waals surface area contributed by atoms with Crippen molar-refractivity contribution in [1.29, 1.82) is 0 Å². The monoisotopic (exact) mass is 299 g/mol. The molecule has 0 fully saturated rings. The van der Waals surface area contributed by atoms with Gasteiger partial charge in [-0.1, -0.05) is 20.3 Å². The summed E-state index contributed by atoms with van der Waals surface area (Å²) in [5.41, 5.74) is 4.85. The van der Waals surface area contributed by atoms with Gasteiger partial charge in [-0.15, -0.1) is 0 Å². The Morgan fingerprint density at radius 1 is 1.29 bits per heavy atom. The third kappa shape index (κ3) is 4.00. The maximum absolute atomic E-state index is 13.5. The molecule has 0 spiro atoms. The summed E-state index contributed by atoms with van der Waals surface area (Å²) in [4.78, 5) is 12.4. The molecule has 0 aliphatic heterocycles. The maximum atomic E-state index is 13.5. The fraction of sp³-hybridized carbons (Fsp3) is 0.562. The highest BCUT2D eigenvalue weighted by Gasteiger charge is 2.42. The summed E-state index contributed by atoms with van der Waals surface area (Å²) in [6.45, 7) is 5.79. The topological polar surface area (TPSA) is 52.3 Å². The molecule has 0 saturated heterocycles. The molecule has 0 radical (unpaired) electrons. The van der Waals surface area contributed by atoms with Gasteiger partial charge in [0.15, 0.2) is 0 Å². The quantitative estimate of drug-likeness (QED) is 0.787.